The Balaban J connectivity index is 1.16. The van der Waals surface area contributed by atoms with Crippen LogP contribution in [-0.2, 0) is 21.0 Å². The number of benzene rings is 1. The molecule has 1 aromatic carbocycles. The average Bonchev–Trinajstić information content (AvgIpc) is 3.65. The predicted molar refractivity (Wildman–Crippen MR) is 148 cm³/mol. The first-order chi connectivity index (χ1) is 19.1. The zero-order chi connectivity index (χ0) is 26.9. The fourth-order valence-corrected chi connectivity index (χ4v) is 6.46. The molecular weight excluding hydrogens is 541 g/mol. The Morgan fingerprint density at radius 1 is 1.15 bits per heavy atom. The lowest BCUT2D eigenvalue weighted by Crippen LogP contribution is -2.46. The van der Waals surface area contributed by atoms with Crippen molar-refractivity contribution in [3.05, 3.63) is 63.5 Å². The van der Waals surface area contributed by atoms with Crippen LogP contribution in [0.3, 0.4) is 0 Å². The molecule has 6 rings (SSSR count). The molecule has 1 N–H and O–H groups in total. The molecule has 2 aromatic heterocycles. The summed E-state index contributed by atoms with van der Waals surface area (Å²) in [6, 6.07) is 10.1. The van der Waals surface area contributed by atoms with Crippen LogP contribution in [0.5, 0.6) is 0 Å². The summed E-state index contributed by atoms with van der Waals surface area (Å²) in [6.07, 6.45) is 8.10. The maximum Gasteiger partial charge on any atom is 0.323 e. The Kier molecular flexibility index (Phi) is 7.47. The van der Waals surface area contributed by atoms with Gasteiger partial charge in [-0.25, -0.2) is 4.98 Å². The van der Waals surface area contributed by atoms with E-state index in [9.17, 15) is 4.79 Å². The maximum atomic E-state index is 10.5. The van der Waals surface area contributed by atoms with Gasteiger partial charge in [0.05, 0.1) is 22.8 Å². The molecule has 2 atom stereocenters. The highest BCUT2D eigenvalue weighted by atomic mass is 35.5. The molecule has 3 aromatic rings. The molecule has 3 fully saturated rings. The molecule has 0 radical (unpaired) electrons. The van der Waals surface area contributed by atoms with Gasteiger partial charge in [-0.15, -0.1) is 0 Å². The van der Waals surface area contributed by atoms with Gasteiger partial charge in [0.25, 0.3) is 0 Å². The Morgan fingerprint density at radius 3 is 2.51 bits per heavy atom. The van der Waals surface area contributed by atoms with Crippen LogP contribution in [0.2, 0.25) is 10.0 Å². The molecule has 204 valence electrons. The van der Waals surface area contributed by atoms with E-state index in [4.69, 9.17) is 37.4 Å². The minimum Gasteiger partial charge on any atom is -0.373 e. The molecular formula is C28H29Cl2N5O4. The third-order valence-corrected chi connectivity index (χ3v) is 8.46. The van der Waals surface area contributed by atoms with Gasteiger partial charge in [-0.05, 0) is 62.8 Å². The minimum absolute atomic E-state index is 0.123. The molecule has 39 heavy (non-hydrogen) atoms. The number of halogens is 2. The number of nitrogens with one attached hydrogen (secondary N) is 1. The molecule has 3 aliphatic rings. The summed E-state index contributed by atoms with van der Waals surface area (Å²) < 4.78 is 12.4. The molecule has 0 amide bonds. The van der Waals surface area contributed by atoms with E-state index in [2.05, 4.69) is 25.4 Å². The summed E-state index contributed by atoms with van der Waals surface area (Å²) in [5.41, 5.74) is 3.08. The first kappa shape index (κ1) is 26.1. The molecule has 2 unspecified atom stereocenters. The second-order valence-electron chi connectivity index (χ2n) is 10.2. The summed E-state index contributed by atoms with van der Waals surface area (Å²) in [5.74, 6) is 2.65. The first-order valence-corrected chi connectivity index (χ1v) is 14.0. The number of carbonyl (C=O) groups is 1. The number of amidine groups is 1. The lowest BCUT2D eigenvalue weighted by Gasteiger charge is -2.39. The van der Waals surface area contributed by atoms with Crippen molar-refractivity contribution in [3.8, 4) is 11.3 Å². The summed E-state index contributed by atoms with van der Waals surface area (Å²) in [4.78, 5) is 22.1. The van der Waals surface area contributed by atoms with Crippen molar-refractivity contribution in [2.24, 2.45) is 5.16 Å². The smallest absolute Gasteiger partial charge is 0.323 e. The number of carbonyl (C=O) groups excluding carboxylic acids is 1. The van der Waals surface area contributed by atoms with Crippen molar-refractivity contribution >= 4 is 41.3 Å². The third kappa shape index (κ3) is 5.23. The number of fused-ring (bicyclic) bond motifs is 2. The maximum absolute atomic E-state index is 10.5. The van der Waals surface area contributed by atoms with Gasteiger partial charge in [0.1, 0.15) is 17.3 Å². The van der Waals surface area contributed by atoms with Gasteiger partial charge < -0.3 is 24.3 Å². The van der Waals surface area contributed by atoms with Crippen molar-refractivity contribution in [3.63, 3.8) is 0 Å². The monoisotopic (exact) mass is 569 g/mol. The topological polar surface area (TPSA) is 102 Å². The van der Waals surface area contributed by atoms with Crippen molar-refractivity contribution in [2.45, 2.75) is 69.2 Å². The van der Waals surface area contributed by atoms with Crippen LogP contribution in [0.1, 0.15) is 61.3 Å². The number of hydrogen-bond acceptors (Lipinski definition) is 8. The largest absolute Gasteiger partial charge is 0.373 e. The van der Waals surface area contributed by atoms with Crippen LogP contribution in [0.15, 0.2) is 46.2 Å². The number of anilines is 1. The van der Waals surface area contributed by atoms with Crippen LogP contribution in [-0.4, -0.2) is 47.7 Å². The summed E-state index contributed by atoms with van der Waals surface area (Å²) in [6.45, 7) is 0.698. The van der Waals surface area contributed by atoms with Crippen molar-refractivity contribution in [1.82, 2.24) is 15.5 Å². The van der Waals surface area contributed by atoms with E-state index < -0.39 is 0 Å². The highest BCUT2D eigenvalue weighted by Crippen LogP contribution is 2.47. The van der Waals surface area contributed by atoms with Crippen LogP contribution >= 0.6 is 23.2 Å². The van der Waals surface area contributed by atoms with Gasteiger partial charge in [-0.3, -0.25) is 4.79 Å². The number of aromatic nitrogens is 2. The molecule has 2 aliphatic heterocycles. The molecule has 2 saturated heterocycles. The Bertz CT molecular complexity index is 1340. The van der Waals surface area contributed by atoms with E-state index in [1.165, 1.54) is 0 Å². The number of ether oxygens (including phenoxy) is 1. The summed E-state index contributed by atoms with van der Waals surface area (Å²) in [7, 11) is 1.71. The van der Waals surface area contributed by atoms with Crippen molar-refractivity contribution in [1.29, 1.82) is 0 Å². The van der Waals surface area contributed by atoms with Gasteiger partial charge in [0.2, 0.25) is 0 Å². The number of oxime groups is 1. The van der Waals surface area contributed by atoms with Gasteiger partial charge in [-0.2, -0.15) is 0 Å². The quantitative estimate of drug-likeness (QED) is 0.115. The van der Waals surface area contributed by atoms with Gasteiger partial charge in [0.15, 0.2) is 5.84 Å². The third-order valence-electron chi connectivity index (χ3n) is 7.83. The molecule has 4 heterocycles. The highest BCUT2D eigenvalue weighted by molar-refractivity contribution is 6.39. The number of rotatable bonds is 9. The summed E-state index contributed by atoms with van der Waals surface area (Å²) in [5, 5.41) is 12.2. The van der Waals surface area contributed by atoms with E-state index in [-0.39, 0.29) is 12.6 Å². The van der Waals surface area contributed by atoms with E-state index in [0.29, 0.717) is 51.7 Å². The Morgan fingerprint density at radius 2 is 1.90 bits per heavy atom. The van der Waals surface area contributed by atoms with E-state index >= 15 is 0 Å². The zero-order valence-corrected chi connectivity index (χ0v) is 23.0. The van der Waals surface area contributed by atoms with E-state index in [1.54, 1.807) is 13.2 Å². The standard InChI is InChI=1S/C28H29Cl2N5O4/c1-31-28(34-38-15-36)17-7-10-24(32-13-17)35-18-8-9-19(35)12-20(11-18)37-14-21-26(33-39-27(21)16-5-6-16)25-22(29)3-2-4-23(25)30/h2-4,7,10,13,15-16,18-20H,5-6,8-9,11-12,14H2,1H3,(H,31,34). The normalized spacial score (nSPS) is 22.7. The van der Waals surface area contributed by atoms with Crippen LogP contribution in [0.25, 0.3) is 11.3 Å². The Labute approximate surface area is 236 Å². The molecule has 1 saturated carbocycles. The predicted octanol–water partition coefficient (Wildman–Crippen LogP) is 5.69. The van der Waals surface area contributed by atoms with Crippen LogP contribution in [0, 0.1) is 0 Å². The number of nitrogens with zero attached hydrogens (tertiary/aromatic N) is 4. The fraction of sp³-hybridized carbons (Fsp3) is 0.429. The number of piperidine rings is 1. The first-order valence-electron chi connectivity index (χ1n) is 13.2. The number of pyridine rings is 1. The molecule has 11 heteroatoms. The van der Waals surface area contributed by atoms with Crippen LogP contribution in [0.4, 0.5) is 5.82 Å². The SMILES string of the molecule is CN/C(=N\OC=O)c1ccc(N2C3CCC2CC(OCc2c(-c4c(Cl)cccc4Cl)noc2C2CC2)C3)nc1. The zero-order valence-electron chi connectivity index (χ0n) is 21.5. The minimum atomic E-state index is 0.123. The lowest BCUT2D eigenvalue weighted by atomic mass is 9.99. The average molecular weight is 570 g/mol. The summed E-state index contributed by atoms with van der Waals surface area (Å²) >= 11 is 13.0. The Hall–Kier alpha value is -3.14. The van der Waals surface area contributed by atoms with Crippen molar-refractivity contribution < 1.29 is 18.9 Å². The fourth-order valence-electron chi connectivity index (χ4n) is 5.88. The van der Waals surface area contributed by atoms with Crippen molar-refractivity contribution in [2.75, 3.05) is 11.9 Å². The second-order valence-corrected chi connectivity index (χ2v) is 11.1. The van der Waals surface area contributed by atoms with E-state index in [1.807, 2.05) is 30.3 Å². The second kappa shape index (κ2) is 11.2. The van der Waals surface area contributed by atoms with Crippen LogP contribution < -0.4 is 10.2 Å². The lowest BCUT2D eigenvalue weighted by molar-refractivity contribution is -0.128. The molecule has 2 bridgehead atoms. The molecule has 1 aliphatic carbocycles. The number of hydrogen-bond donors (Lipinski definition) is 1. The van der Waals surface area contributed by atoms with Gasteiger partial charge >= 0.3 is 6.47 Å². The molecule has 0 spiro atoms. The highest BCUT2D eigenvalue weighted by Gasteiger charge is 2.42. The van der Waals surface area contributed by atoms with Gasteiger partial charge in [0, 0.05) is 47.9 Å². The van der Waals surface area contributed by atoms with Gasteiger partial charge in [-0.1, -0.05) is 39.6 Å². The van der Waals surface area contributed by atoms with E-state index in [0.717, 1.165) is 61.2 Å². The molecule has 9 nitrogen and oxygen atoms in total.